The molecular formula is C24H12N4Na4O12S2. The van der Waals surface area contributed by atoms with Crippen molar-refractivity contribution in [2.45, 2.75) is 9.79 Å². The quantitative estimate of drug-likeness (QED) is 0.0982. The number of hydrogen-bond acceptors (Lipinski definition) is 14. The van der Waals surface area contributed by atoms with Crippen LogP contribution in [-0.2, 0) is 20.2 Å². The molecule has 0 atom stereocenters. The van der Waals surface area contributed by atoms with Gasteiger partial charge in [0.15, 0.2) is 0 Å². The molecule has 0 spiro atoms. The van der Waals surface area contributed by atoms with E-state index in [0.717, 1.165) is 24.3 Å². The predicted molar refractivity (Wildman–Crippen MR) is 132 cm³/mol. The molecule has 0 aliphatic carbocycles. The summed E-state index contributed by atoms with van der Waals surface area (Å²) in [4.78, 5) is 20.8. The van der Waals surface area contributed by atoms with Crippen LogP contribution in [0.4, 0.5) is 22.7 Å². The molecule has 0 aromatic heterocycles. The van der Waals surface area contributed by atoms with Crippen LogP contribution in [0.1, 0.15) is 20.7 Å². The number of benzene rings is 4. The fourth-order valence-electron chi connectivity index (χ4n) is 3.55. The zero-order chi connectivity index (χ0) is 31.0. The molecule has 0 bridgehead atoms. The molecule has 0 aliphatic heterocycles. The van der Waals surface area contributed by atoms with Gasteiger partial charge in [-0.25, -0.2) is 0 Å². The zero-order valence-corrected chi connectivity index (χ0v) is 34.0. The maximum absolute atomic E-state index is 12.5. The third-order valence-electron chi connectivity index (χ3n) is 5.52. The first-order chi connectivity index (χ1) is 19.6. The van der Waals surface area contributed by atoms with Crippen molar-refractivity contribution in [2.75, 3.05) is 0 Å². The smallest absolute Gasteiger partial charge is 0.872 e. The summed E-state index contributed by atoms with van der Waals surface area (Å²) in [7, 11) is -9.73. The maximum Gasteiger partial charge on any atom is 1.00 e. The SMILES string of the molecule is O=C([O-])c1cc(N=Nc2ccc(N=Nc3cc(S(=O)(=O)O)cc(C(=O)[O-])c3[O-])c3cc(S(=O)(=O)O)ccc23)ccc1[O-].[Na+].[Na+].[Na+].[Na+]. The van der Waals surface area contributed by atoms with Crippen molar-refractivity contribution < 1.29 is 174 Å². The molecule has 0 heterocycles. The van der Waals surface area contributed by atoms with Crippen molar-refractivity contribution in [2.24, 2.45) is 20.5 Å². The molecular weight excluding hydrogens is 692 g/mol. The fraction of sp³-hybridized carbons (Fsp3) is 0. The minimum atomic E-state index is -4.98. The Bertz CT molecular complexity index is 2090. The largest absolute Gasteiger partial charge is 1.00 e. The second kappa shape index (κ2) is 17.9. The molecule has 22 heteroatoms. The van der Waals surface area contributed by atoms with Crippen LogP contribution in [0.15, 0.2) is 90.9 Å². The molecule has 0 fully saturated rings. The molecule has 0 amide bonds. The van der Waals surface area contributed by atoms with Gasteiger partial charge in [0.05, 0.1) is 44.5 Å². The molecule has 4 aromatic carbocycles. The Balaban J connectivity index is 0.00000506. The third kappa shape index (κ3) is 10.6. The summed E-state index contributed by atoms with van der Waals surface area (Å²) < 4.78 is 65.4. The molecule has 0 unspecified atom stereocenters. The van der Waals surface area contributed by atoms with Crippen LogP contribution >= 0.6 is 0 Å². The molecule has 0 saturated heterocycles. The summed E-state index contributed by atoms with van der Waals surface area (Å²) in [6, 6.07) is 9.61. The number of carbonyl (C=O) groups is 2. The summed E-state index contributed by atoms with van der Waals surface area (Å²) in [5, 5.41) is 61.8. The third-order valence-corrected chi connectivity index (χ3v) is 7.20. The van der Waals surface area contributed by atoms with E-state index in [1.54, 1.807) is 0 Å². The summed E-state index contributed by atoms with van der Waals surface area (Å²) >= 11 is 0. The Morgan fingerprint density at radius 3 is 1.63 bits per heavy atom. The van der Waals surface area contributed by atoms with Crippen LogP contribution in [0.5, 0.6) is 11.5 Å². The van der Waals surface area contributed by atoms with Gasteiger partial charge in [-0.1, -0.05) is 23.6 Å². The van der Waals surface area contributed by atoms with E-state index in [1.807, 2.05) is 0 Å². The van der Waals surface area contributed by atoms with E-state index in [-0.39, 0.29) is 146 Å². The first kappa shape index (κ1) is 44.7. The average molecular weight is 704 g/mol. The van der Waals surface area contributed by atoms with Crippen LogP contribution in [0.25, 0.3) is 10.8 Å². The number of carbonyl (C=O) groups excluding carboxylic acids is 2. The van der Waals surface area contributed by atoms with Gasteiger partial charge < -0.3 is 30.0 Å². The minimum absolute atomic E-state index is 0. The molecule has 46 heavy (non-hydrogen) atoms. The number of hydrogen-bond donors (Lipinski definition) is 2. The van der Waals surface area contributed by atoms with E-state index < -0.39 is 70.3 Å². The number of aromatic carboxylic acids is 2. The Morgan fingerprint density at radius 1 is 0.565 bits per heavy atom. The van der Waals surface area contributed by atoms with E-state index >= 15 is 0 Å². The molecule has 4 rings (SSSR count). The van der Waals surface area contributed by atoms with E-state index in [2.05, 4.69) is 20.5 Å². The van der Waals surface area contributed by atoms with Gasteiger partial charge in [0, 0.05) is 10.8 Å². The van der Waals surface area contributed by atoms with Crippen LogP contribution in [0.3, 0.4) is 0 Å². The molecule has 0 saturated carbocycles. The number of carboxylic acids is 2. The Kier molecular flexibility index (Phi) is 17.4. The van der Waals surface area contributed by atoms with Crippen molar-refractivity contribution in [1.82, 2.24) is 0 Å². The van der Waals surface area contributed by atoms with E-state index in [0.29, 0.717) is 12.1 Å². The monoisotopic (exact) mass is 704 g/mol. The Labute approximate surface area is 348 Å². The van der Waals surface area contributed by atoms with Gasteiger partial charge in [-0.15, -0.1) is 10.2 Å². The van der Waals surface area contributed by atoms with Gasteiger partial charge in [-0.2, -0.15) is 27.1 Å². The topological polar surface area (TPSA) is 285 Å². The second-order valence-corrected chi connectivity index (χ2v) is 11.1. The van der Waals surface area contributed by atoms with Crippen LogP contribution in [0.2, 0.25) is 0 Å². The number of fused-ring (bicyclic) bond motifs is 1. The molecule has 4 aromatic rings. The normalized spacial score (nSPS) is 11.3. The summed E-state index contributed by atoms with van der Waals surface area (Å²) in [6.07, 6.45) is 0. The zero-order valence-electron chi connectivity index (χ0n) is 24.4. The van der Waals surface area contributed by atoms with Crippen molar-refractivity contribution in [3.8, 4) is 11.5 Å². The van der Waals surface area contributed by atoms with E-state index in [4.69, 9.17) is 0 Å². The molecule has 216 valence electrons. The number of carboxylic acid groups (broad SMARTS) is 2. The van der Waals surface area contributed by atoms with Crippen molar-refractivity contribution in [3.63, 3.8) is 0 Å². The number of rotatable bonds is 8. The van der Waals surface area contributed by atoms with Gasteiger partial charge in [0.2, 0.25) is 0 Å². The van der Waals surface area contributed by atoms with Crippen LogP contribution in [0, 0.1) is 0 Å². The van der Waals surface area contributed by atoms with Gasteiger partial charge in [-0.3, -0.25) is 9.11 Å². The molecule has 0 aliphatic rings. The minimum Gasteiger partial charge on any atom is -0.872 e. The predicted octanol–water partition coefficient (Wildman–Crippen LogP) is -10.9. The average Bonchev–Trinajstić information content (AvgIpc) is 2.90. The van der Waals surface area contributed by atoms with Gasteiger partial charge in [0.1, 0.15) is 0 Å². The maximum atomic E-state index is 12.5. The second-order valence-electron chi connectivity index (χ2n) is 8.24. The molecule has 16 nitrogen and oxygen atoms in total. The fourth-order valence-corrected chi connectivity index (χ4v) is 4.59. The Hall–Kier alpha value is -1.30. The van der Waals surface area contributed by atoms with E-state index in [9.17, 15) is 56.0 Å². The van der Waals surface area contributed by atoms with Gasteiger partial charge in [-0.05, 0) is 59.7 Å². The standard InChI is InChI=1S/C24H16N4O12S2.4Na/c29-21-6-1-11(7-16(21)23(31)32)25-26-18-4-5-19(15-8-12(41(35,36)37)2-3-14(15)18)27-28-20-10-13(42(38,39)40)9-17(22(20)30)24(33)34;;;;/h1-10,29-30H,(H,31,32)(H,33,34)(H,35,36,37)(H,38,39,40);;;;/q;4*+1/p-4. The van der Waals surface area contributed by atoms with Crippen molar-refractivity contribution in [1.29, 1.82) is 0 Å². The molecule has 2 N–H and O–H groups in total. The first-order valence-electron chi connectivity index (χ1n) is 11.0. The Morgan fingerprint density at radius 2 is 1.09 bits per heavy atom. The molecule has 0 radical (unpaired) electrons. The number of nitrogens with zero attached hydrogens (tertiary/aromatic N) is 4. The van der Waals surface area contributed by atoms with Crippen LogP contribution in [-0.4, -0.2) is 37.9 Å². The van der Waals surface area contributed by atoms with Crippen molar-refractivity contribution >= 4 is 65.7 Å². The van der Waals surface area contributed by atoms with Crippen LogP contribution < -0.4 is 139 Å². The summed E-state index contributed by atoms with van der Waals surface area (Å²) in [5.41, 5.74) is -2.83. The van der Waals surface area contributed by atoms with Gasteiger partial charge in [0.25, 0.3) is 20.2 Å². The van der Waals surface area contributed by atoms with E-state index in [1.165, 1.54) is 24.3 Å². The first-order valence-corrected chi connectivity index (χ1v) is 13.9. The number of azo groups is 2. The summed E-state index contributed by atoms with van der Waals surface area (Å²) in [6.45, 7) is 0. The summed E-state index contributed by atoms with van der Waals surface area (Å²) in [5.74, 6) is -5.91. The van der Waals surface area contributed by atoms with Crippen molar-refractivity contribution in [3.05, 3.63) is 71.8 Å². The van der Waals surface area contributed by atoms with Gasteiger partial charge >= 0.3 is 118 Å².